The number of esters is 1. The van der Waals surface area contributed by atoms with Gasteiger partial charge in [-0.2, -0.15) is 0 Å². The topological polar surface area (TPSA) is 72.9 Å². The summed E-state index contributed by atoms with van der Waals surface area (Å²) in [6, 6.07) is 27.6. The molecule has 0 saturated carbocycles. The van der Waals surface area contributed by atoms with Crippen LogP contribution in [0.2, 0.25) is 0 Å². The van der Waals surface area contributed by atoms with E-state index in [0.29, 0.717) is 27.5 Å². The number of hydrogen-bond donors (Lipinski definition) is 0. The highest BCUT2D eigenvalue weighted by Crippen LogP contribution is 2.33. The van der Waals surface area contributed by atoms with E-state index < -0.39 is 5.97 Å². The van der Waals surface area contributed by atoms with Gasteiger partial charge in [0.2, 0.25) is 0 Å². The van der Waals surface area contributed by atoms with Crippen LogP contribution in [-0.2, 0) is 4.79 Å². The molecule has 0 aromatic heterocycles. The summed E-state index contributed by atoms with van der Waals surface area (Å²) in [5.41, 5.74) is 2.14. The second kappa shape index (κ2) is 10.7. The summed E-state index contributed by atoms with van der Waals surface area (Å²) in [5, 5.41) is 1.68. The normalized spacial score (nSPS) is 14.4. The maximum absolute atomic E-state index is 12.9. The third kappa shape index (κ3) is 5.57. The molecule has 7 heteroatoms. The molecule has 0 bridgehead atoms. The summed E-state index contributed by atoms with van der Waals surface area (Å²) < 4.78 is 11.4. The van der Waals surface area contributed by atoms with Crippen LogP contribution in [0.25, 0.3) is 16.8 Å². The lowest BCUT2D eigenvalue weighted by molar-refractivity contribution is -0.123. The molecule has 0 aliphatic carbocycles. The summed E-state index contributed by atoms with van der Waals surface area (Å²) in [6.07, 6.45) is 1.62. The molecule has 184 valence electrons. The fourth-order valence-corrected chi connectivity index (χ4v) is 4.80. The Balaban J connectivity index is 1.23. The van der Waals surface area contributed by atoms with Crippen molar-refractivity contribution < 1.29 is 23.9 Å². The zero-order valence-electron chi connectivity index (χ0n) is 20.0. The minimum atomic E-state index is -0.469. The molecule has 1 aliphatic heterocycles. The van der Waals surface area contributed by atoms with Crippen molar-refractivity contribution in [2.45, 2.75) is 6.92 Å². The van der Waals surface area contributed by atoms with E-state index in [1.54, 1.807) is 42.5 Å². The first-order valence-electron chi connectivity index (χ1n) is 11.7. The number of aryl methyl sites for hydroxylation is 1. The van der Waals surface area contributed by atoms with Crippen molar-refractivity contribution in [2.75, 3.05) is 13.2 Å². The zero-order chi connectivity index (χ0) is 25.8. The SMILES string of the molecule is Cc1ccc(C(=O)Oc2cccc(/C=C3\SC(=O)N(CCOc4cccc5ccccc45)C3=O)c2)cc1. The monoisotopic (exact) mass is 509 g/mol. The van der Waals surface area contributed by atoms with Crippen LogP contribution in [0.15, 0.2) is 95.9 Å². The Labute approximate surface area is 218 Å². The highest BCUT2D eigenvalue weighted by atomic mass is 32.2. The van der Waals surface area contributed by atoms with E-state index >= 15 is 0 Å². The van der Waals surface area contributed by atoms with Crippen molar-refractivity contribution in [1.82, 2.24) is 4.90 Å². The van der Waals surface area contributed by atoms with E-state index in [-0.39, 0.29) is 24.3 Å². The van der Waals surface area contributed by atoms with E-state index in [2.05, 4.69) is 0 Å². The van der Waals surface area contributed by atoms with Crippen molar-refractivity contribution in [1.29, 1.82) is 0 Å². The molecule has 0 N–H and O–H groups in total. The van der Waals surface area contributed by atoms with Crippen molar-refractivity contribution in [3.05, 3.63) is 113 Å². The molecule has 0 spiro atoms. The van der Waals surface area contributed by atoms with Gasteiger partial charge in [0, 0.05) is 5.39 Å². The standard InChI is InChI=1S/C30H23NO5S/c1-20-12-14-23(15-13-20)29(33)36-24-9-4-6-21(18-24)19-27-28(32)31(30(34)37-27)16-17-35-26-11-5-8-22-7-2-3-10-25(22)26/h2-15,18-19H,16-17H2,1H3/b27-19-. The average molecular weight is 510 g/mol. The number of ether oxygens (including phenoxy) is 2. The number of carbonyl (C=O) groups is 3. The Morgan fingerprint density at radius 3 is 2.51 bits per heavy atom. The summed E-state index contributed by atoms with van der Waals surface area (Å²) in [6.45, 7) is 2.27. The first-order chi connectivity index (χ1) is 18.0. The molecule has 4 aromatic carbocycles. The van der Waals surface area contributed by atoms with Crippen LogP contribution in [0.5, 0.6) is 11.5 Å². The van der Waals surface area contributed by atoms with Gasteiger partial charge in [0.25, 0.3) is 11.1 Å². The Hall–Kier alpha value is -4.36. The molecule has 0 atom stereocenters. The maximum atomic E-state index is 12.9. The lowest BCUT2D eigenvalue weighted by Gasteiger charge is -2.14. The van der Waals surface area contributed by atoms with Gasteiger partial charge >= 0.3 is 5.97 Å². The second-order valence-electron chi connectivity index (χ2n) is 8.49. The van der Waals surface area contributed by atoms with Gasteiger partial charge in [-0.25, -0.2) is 4.79 Å². The molecular formula is C30H23NO5S. The number of imide groups is 1. The minimum Gasteiger partial charge on any atom is -0.491 e. The number of nitrogens with zero attached hydrogens (tertiary/aromatic N) is 1. The number of amides is 2. The van der Waals surface area contributed by atoms with Crippen LogP contribution < -0.4 is 9.47 Å². The van der Waals surface area contributed by atoms with Crippen molar-refractivity contribution in [3.63, 3.8) is 0 Å². The van der Waals surface area contributed by atoms with Crippen LogP contribution in [0.3, 0.4) is 0 Å². The smallest absolute Gasteiger partial charge is 0.343 e. The van der Waals surface area contributed by atoms with Crippen molar-refractivity contribution in [3.8, 4) is 11.5 Å². The molecule has 6 nitrogen and oxygen atoms in total. The lowest BCUT2D eigenvalue weighted by Crippen LogP contribution is -2.32. The van der Waals surface area contributed by atoms with E-state index in [0.717, 1.165) is 28.1 Å². The maximum Gasteiger partial charge on any atom is 0.343 e. The molecule has 1 heterocycles. The van der Waals surface area contributed by atoms with Gasteiger partial charge in [0.05, 0.1) is 17.0 Å². The lowest BCUT2D eigenvalue weighted by atomic mass is 10.1. The Morgan fingerprint density at radius 2 is 1.68 bits per heavy atom. The highest BCUT2D eigenvalue weighted by Gasteiger charge is 2.34. The third-order valence-corrected chi connectivity index (χ3v) is 6.76. The van der Waals surface area contributed by atoms with Gasteiger partial charge in [0.15, 0.2) is 0 Å². The molecule has 2 amide bonds. The summed E-state index contributed by atoms with van der Waals surface area (Å²) in [4.78, 5) is 39.4. The van der Waals surface area contributed by atoms with Gasteiger partial charge in [-0.05, 0) is 66.0 Å². The first kappa shape index (κ1) is 24.3. The van der Waals surface area contributed by atoms with Crippen LogP contribution in [0.4, 0.5) is 4.79 Å². The molecule has 0 radical (unpaired) electrons. The fraction of sp³-hybridized carbons (Fsp3) is 0.100. The van der Waals surface area contributed by atoms with E-state index in [4.69, 9.17) is 9.47 Å². The van der Waals surface area contributed by atoms with Gasteiger partial charge in [-0.3, -0.25) is 14.5 Å². The molecule has 1 fully saturated rings. The van der Waals surface area contributed by atoms with E-state index in [1.165, 1.54) is 4.90 Å². The van der Waals surface area contributed by atoms with E-state index in [1.807, 2.05) is 61.5 Å². The fourth-order valence-electron chi connectivity index (χ4n) is 3.94. The summed E-state index contributed by atoms with van der Waals surface area (Å²) in [7, 11) is 0. The molecule has 5 rings (SSSR count). The Morgan fingerprint density at radius 1 is 0.919 bits per heavy atom. The Kier molecular flexibility index (Phi) is 7.05. The number of fused-ring (bicyclic) bond motifs is 1. The molecular weight excluding hydrogens is 486 g/mol. The largest absolute Gasteiger partial charge is 0.491 e. The van der Waals surface area contributed by atoms with Crippen molar-refractivity contribution >= 4 is 45.7 Å². The average Bonchev–Trinajstić information content (AvgIpc) is 3.16. The third-order valence-electron chi connectivity index (χ3n) is 5.85. The van der Waals surface area contributed by atoms with Gasteiger partial charge in [0.1, 0.15) is 18.1 Å². The highest BCUT2D eigenvalue weighted by molar-refractivity contribution is 8.18. The summed E-state index contributed by atoms with van der Waals surface area (Å²) >= 11 is 0.879. The van der Waals surface area contributed by atoms with Crippen LogP contribution in [0.1, 0.15) is 21.5 Å². The Bertz CT molecular complexity index is 1520. The first-order valence-corrected chi connectivity index (χ1v) is 12.5. The number of carbonyl (C=O) groups excluding carboxylic acids is 3. The number of hydrogen-bond acceptors (Lipinski definition) is 6. The van der Waals surface area contributed by atoms with Crippen LogP contribution in [-0.4, -0.2) is 35.2 Å². The molecule has 4 aromatic rings. The molecule has 0 unspecified atom stereocenters. The zero-order valence-corrected chi connectivity index (χ0v) is 20.9. The van der Waals surface area contributed by atoms with Crippen molar-refractivity contribution in [2.24, 2.45) is 0 Å². The number of rotatable bonds is 7. The summed E-state index contributed by atoms with van der Waals surface area (Å²) in [5.74, 6) is 0.210. The van der Waals surface area contributed by atoms with Gasteiger partial charge in [-0.1, -0.05) is 66.2 Å². The number of thioether (sulfide) groups is 1. The molecule has 1 saturated heterocycles. The number of benzene rings is 4. The predicted octanol–water partition coefficient (Wildman–Crippen LogP) is 6.48. The second-order valence-corrected chi connectivity index (χ2v) is 9.48. The molecule has 1 aliphatic rings. The molecule has 37 heavy (non-hydrogen) atoms. The van der Waals surface area contributed by atoms with Gasteiger partial charge in [-0.15, -0.1) is 0 Å². The van der Waals surface area contributed by atoms with Gasteiger partial charge < -0.3 is 9.47 Å². The predicted molar refractivity (Wildman–Crippen MR) is 145 cm³/mol. The minimum absolute atomic E-state index is 0.138. The van der Waals surface area contributed by atoms with Crippen LogP contribution >= 0.6 is 11.8 Å². The van der Waals surface area contributed by atoms with Crippen LogP contribution in [0, 0.1) is 6.92 Å². The quantitative estimate of drug-likeness (QED) is 0.161. The van der Waals surface area contributed by atoms with E-state index in [9.17, 15) is 14.4 Å².